The molecule has 0 saturated heterocycles. The second kappa shape index (κ2) is 3.58. The zero-order valence-electron chi connectivity index (χ0n) is 9.46. The Bertz CT molecular complexity index is 542. The molecule has 0 saturated carbocycles. The fourth-order valence-electron chi connectivity index (χ4n) is 2.74. The Morgan fingerprint density at radius 3 is 3.00 bits per heavy atom. The first-order chi connectivity index (χ1) is 7.81. The Morgan fingerprint density at radius 2 is 2.19 bits per heavy atom. The SMILES string of the molecule is Cn1c2c(c3cc(CF)cnc31)CCCC2. The molecule has 2 nitrogen and oxygen atoms in total. The van der Waals surface area contributed by atoms with Crippen LogP contribution in [0.25, 0.3) is 11.0 Å². The Labute approximate surface area is 94.1 Å². The number of hydrogen-bond donors (Lipinski definition) is 0. The lowest BCUT2D eigenvalue weighted by atomic mass is 9.96. The van der Waals surface area contributed by atoms with Crippen molar-refractivity contribution in [3.63, 3.8) is 0 Å². The molecule has 0 unspecified atom stereocenters. The quantitative estimate of drug-likeness (QED) is 0.719. The summed E-state index contributed by atoms with van der Waals surface area (Å²) >= 11 is 0. The Morgan fingerprint density at radius 1 is 1.38 bits per heavy atom. The number of aryl methyl sites for hydroxylation is 2. The maximum atomic E-state index is 12.6. The van der Waals surface area contributed by atoms with E-state index >= 15 is 0 Å². The summed E-state index contributed by atoms with van der Waals surface area (Å²) in [7, 11) is 2.06. The third kappa shape index (κ3) is 1.27. The van der Waals surface area contributed by atoms with Crippen LogP contribution >= 0.6 is 0 Å². The van der Waals surface area contributed by atoms with Gasteiger partial charge in [-0.15, -0.1) is 0 Å². The first-order valence-corrected chi connectivity index (χ1v) is 5.82. The smallest absolute Gasteiger partial charge is 0.140 e. The van der Waals surface area contributed by atoms with E-state index in [1.807, 2.05) is 6.07 Å². The molecule has 84 valence electrons. The van der Waals surface area contributed by atoms with E-state index in [1.165, 1.54) is 24.1 Å². The van der Waals surface area contributed by atoms with Crippen LogP contribution < -0.4 is 0 Å². The standard InChI is InChI=1S/C13H15FN2/c1-16-12-5-3-2-4-10(12)11-6-9(7-14)8-15-13(11)16/h6,8H,2-5,7H2,1H3. The molecule has 0 bridgehead atoms. The summed E-state index contributed by atoms with van der Waals surface area (Å²) in [5, 5.41) is 1.16. The molecule has 0 atom stereocenters. The highest BCUT2D eigenvalue weighted by Crippen LogP contribution is 2.30. The van der Waals surface area contributed by atoms with Crippen LogP contribution in [-0.2, 0) is 26.6 Å². The molecule has 1 aliphatic rings. The summed E-state index contributed by atoms with van der Waals surface area (Å²) in [5.74, 6) is 0. The van der Waals surface area contributed by atoms with E-state index in [2.05, 4.69) is 16.6 Å². The van der Waals surface area contributed by atoms with Crippen LogP contribution in [0.1, 0.15) is 29.7 Å². The van der Waals surface area contributed by atoms with Gasteiger partial charge in [0.2, 0.25) is 0 Å². The summed E-state index contributed by atoms with van der Waals surface area (Å²) in [6.07, 6.45) is 6.39. The van der Waals surface area contributed by atoms with Gasteiger partial charge in [-0.25, -0.2) is 9.37 Å². The van der Waals surface area contributed by atoms with Crippen molar-refractivity contribution in [1.29, 1.82) is 0 Å². The van der Waals surface area contributed by atoms with Gasteiger partial charge < -0.3 is 4.57 Å². The highest BCUT2D eigenvalue weighted by atomic mass is 19.1. The molecule has 2 heterocycles. The highest BCUT2D eigenvalue weighted by Gasteiger charge is 2.18. The minimum absolute atomic E-state index is 0.424. The fraction of sp³-hybridized carbons (Fsp3) is 0.462. The number of fused-ring (bicyclic) bond motifs is 3. The lowest BCUT2D eigenvalue weighted by Gasteiger charge is -2.12. The largest absolute Gasteiger partial charge is 0.332 e. The topological polar surface area (TPSA) is 17.8 Å². The molecule has 0 fully saturated rings. The monoisotopic (exact) mass is 218 g/mol. The third-order valence-corrected chi connectivity index (χ3v) is 3.56. The Balaban J connectivity index is 2.31. The zero-order chi connectivity index (χ0) is 11.1. The lowest BCUT2D eigenvalue weighted by molar-refractivity contribution is 0.484. The highest BCUT2D eigenvalue weighted by molar-refractivity contribution is 5.83. The van der Waals surface area contributed by atoms with Gasteiger partial charge in [-0.3, -0.25) is 0 Å². The molecule has 0 aromatic carbocycles. The predicted octanol–water partition coefficient (Wildman–Crippen LogP) is 2.92. The molecular formula is C13H15FN2. The molecular weight excluding hydrogens is 203 g/mol. The lowest BCUT2D eigenvalue weighted by Crippen LogP contribution is -2.04. The average molecular weight is 218 g/mol. The van der Waals surface area contributed by atoms with E-state index in [9.17, 15) is 4.39 Å². The maximum absolute atomic E-state index is 12.6. The van der Waals surface area contributed by atoms with Crippen molar-refractivity contribution in [2.24, 2.45) is 7.05 Å². The van der Waals surface area contributed by atoms with Gasteiger partial charge in [0.15, 0.2) is 0 Å². The molecule has 1 aliphatic carbocycles. The van der Waals surface area contributed by atoms with Gasteiger partial charge in [0, 0.05) is 29.9 Å². The van der Waals surface area contributed by atoms with Crippen molar-refractivity contribution in [3.05, 3.63) is 29.1 Å². The van der Waals surface area contributed by atoms with Crippen LogP contribution in [0.4, 0.5) is 4.39 Å². The number of halogens is 1. The number of nitrogens with zero attached hydrogens (tertiary/aromatic N) is 2. The summed E-state index contributed by atoms with van der Waals surface area (Å²) in [6, 6.07) is 1.96. The number of pyridine rings is 1. The fourth-order valence-corrected chi connectivity index (χ4v) is 2.74. The number of hydrogen-bond acceptors (Lipinski definition) is 1. The molecule has 2 aromatic rings. The van der Waals surface area contributed by atoms with Crippen LogP contribution in [0.5, 0.6) is 0 Å². The third-order valence-electron chi connectivity index (χ3n) is 3.56. The average Bonchev–Trinajstić information content (AvgIpc) is 2.64. The van der Waals surface area contributed by atoms with Crippen molar-refractivity contribution >= 4 is 11.0 Å². The molecule has 16 heavy (non-hydrogen) atoms. The molecule has 0 spiro atoms. The first-order valence-electron chi connectivity index (χ1n) is 5.82. The summed E-state index contributed by atoms with van der Waals surface area (Å²) in [4.78, 5) is 4.38. The first kappa shape index (κ1) is 9.82. The number of alkyl halides is 1. The van der Waals surface area contributed by atoms with Crippen LogP contribution in [0, 0.1) is 0 Å². The van der Waals surface area contributed by atoms with Crippen LogP contribution in [-0.4, -0.2) is 9.55 Å². The maximum Gasteiger partial charge on any atom is 0.140 e. The van der Waals surface area contributed by atoms with Crippen molar-refractivity contribution in [3.8, 4) is 0 Å². The van der Waals surface area contributed by atoms with Gasteiger partial charge in [0.25, 0.3) is 0 Å². The second-order valence-electron chi connectivity index (χ2n) is 4.54. The van der Waals surface area contributed by atoms with Gasteiger partial charge in [0.05, 0.1) is 0 Å². The summed E-state index contributed by atoms with van der Waals surface area (Å²) < 4.78 is 14.8. The van der Waals surface area contributed by atoms with E-state index in [1.54, 1.807) is 6.20 Å². The van der Waals surface area contributed by atoms with Crippen LogP contribution in [0.15, 0.2) is 12.3 Å². The van der Waals surface area contributed by atoms with Crippen molar-refractivity contribution in [1.82, 2.24) is 9.55 Å². The van der Waals surface area contributed by atoms with E-state index in [-0.39, 0.29) is 0 Å². The Hall–Kier alpha value is -1.38. The van der Waals surface area contributed by atoms with Gasteiger partial charge in [0.1, 0.15) is 12.3 Å². The summed E-state index contributed by atoms with van der Waals surface area (Å²) in [5.41, 5.74) is 4.48. The minimum Gasteiger partial charge on any atom is -0.332 e. The van der Waals surface area contributed by atoms with Gasteiger partial charge in [-0.05, 0) is 37.3 Å². The molecule has 3 heteroatoms. The molecule has 2 aromatic heterocycles. The zero-order valence-corrected chi connectivity index (χ0v) is 9.46. The number of aromatic nitrogens is 2. The molecule has 0 aliphatic heterocycles. The van der Waals surface area contributed by atoms with E-state index in [0.29, 0.717) is 5.56 Å². The van der Waals surface area contributed by atoms with E-state index < -0.39 is 6.67 Å². The van der Waals surface area contributed by atoms with E-state index in [4.69, 9.17) is 0 Å². The van der Waals surface area contributed by atoms with E-state index in [0.717, 1.165) is 23.9 Å². The van der Waals surface area contributed by atoms with Crippen molar-refractivity contribution < 1.29 is 4.39 Å². The second-order valence-corrected chi connectivity index (χ2v) is 4.54. The Kier molecular flexibility index (Phi) is 2.20. The predicted molar refractivity (Wildman–Crippen MR) is 62.2 cm³/mol. The molecule has 0 N–H and O–H groups in total. The molecule has 3 rings (SSSR count). The number of rotatable bonds is 1. The summed E-state index contributed by atoms with van der Waals surface area (Å²) in [6.45, 7) is -0.424. The van der Waals surface area contributed by atoms with Gasteiger partial charge in [-0.2, -0.15) is 0 Å². The normalized spacial score (nSPS) is 15.4. The van der Waals surface area contributed by atoms with Crippen molar-refractivity contribution in [2.75, 3.05) is 0 Å². The van der Waals surface area contributed by atoms with Crippen LogP contribution in [0.2, 0.25) is 0 Å². The molecule has 0 amide bonds. The molecule has 0 radical (unpaired) electrons. The van der Waals surface area contributed by atoms with Crippen LogP contribution in [0.3, 0.4) is 0 Å². The van der Waals surface area contributed by atoms with Gasteiger partial charge >= 0.3 is 0 Å². The van der Waals surface area contributed by atoms with Crippen molar-refractivity contribution in [2.45, 2.75) is 32.4 Å². The van der Waals surface area contributed by atoms with Gasteiger partial charge in [-0.1, -0.05) is 0 Å². The minimum atomic E-state index is -0.424.